The van der Waals surface area contributed by atoms with Crippen LogP contribution in [-0.4, -0.2) is 6.71 Å². The zero-order valence-electron chi connectivity index (χ0n) is 49.6. The Kier molecular flexibility index (Phi) is 12.1. The predicted molar refractivity (Wildman–Crippen MR) is 339 cm³/mol. The van der Waals surface area contributed by atoms with Crippen molar-refractivity contribution in [1.29, 1.82) is 0 Å². The molecule has 77 heavy (non-hydrogen) atoms. The zero-order chi connectivity index (χ0) is 55.1. The van der Waals surface area contributed by atoms with E-state index in [1.807, 2.05) is 0 Å². The fourth-order valence-electron chi connectivity index (χ4n) is 12.4. The van der Waals surface area contributed by atoms with Crippen molar-refractivity contribution in [3.05, 3.63) is 197 Å². The average Bonchev–Trinajstić information content (AvgIpc) is 3.40. The maximum absolute atomic E-state index is 2.69. The first-order chi connectivity index (χ1) is 36.0. The smallest absolute Gasteiger partial charge is 0.253 e. The van der Waals surface area contributed by atoms with Crippen LogP contribution >= 0.6 is 0 Å². The summed E-state index contributed by atoms with van der Waals surface area (Å²) in [4.78, 5) is 5.38. The Balaban J connectivity index is 1.39. The Labute approximate surface area is 462 Å². The second-order valence-electron chi connectivity index (χ2n) is 28.8. The molecule has 0 radical (unpaired) electrons. The largest absolute Gasteiger partial charge is 0.311 e. The van der Waals surface area contributed by atoms with Gasteiger partial charge in [-0.2, -0.15) is 0 Å². The number of benzene rings is 9. The minimum Gasteiger partial charge on any atom is -0.311 e. The molecule has 2 heterocycles. The van der Waals surface area contributed by atoms with Crippen molar-refractivity contribution in [2.24, 2.45) is 0 Å². The van der Waals surface area contributed by atoms with Crippen molar-refractivity contribution in [3.63, 3.8) is 0 Å². The van der Waals surface area contributed by atoms with Gasteiger partial charge in [0.25, 0.3) is 6.71 Å². The highest BCUT2D eigenvalue weighted by atomic mass is 15.2. The van der Waals surface area contributed by atoms with Gasteiger partial charge in [-0.1, -0.05) is 228 Å². The SMILES string of the molecule is CC(C)(C)c1cc(N2c3cc(-c4c(C(C)(C)C)cc(-c5ccccc5)cc4C(C)(C)C)cc4c3B(c3c2ccc2ccccc32)c2c(ccc3ccccc23)N4c2cc(C(C)(C)C)cc(C(C)(C)C)c2)cc(C(C)(C)C)c1. The van der Waals surface area contributed by atoms with Gasteiger partial charge in [0.15, 0.2) is 0 Å². The second kappa shape index (κ2) is 17.9. The topological polar surface area (TPSA) is 6.48 Å². The average molecular weight is 1010 g/mol. The van der Waals surface area contributed by atoms with Gasteiger partial charge in [0.2, 0.25) is 0 Å². The fraction of sp³-hybridized carbons (Fsp3) is 0.324. The highest BCUT2D eigenvalue weighted by molar-refractivity contribution is 7.03. The summed E-state index contributed by atoms with van der Waals surface area (Å²) in [6.07, 6.45) is 0. The number of anilines is 6. The van der Waals surface area contributed by atoms with Gasteiger partial charge in [-0.25, -0.2) is 0 Å². The molecule has 0 unspecified atom stereocenters. The maximum Gasteiger partial charge on any atom is 0.253 e. The van der Waals surface area contributed by atoms with Gasteiger partial charge in [0.1, 0.15) is 0 Å². The summed E-state index contributed by atoms with van der Waals surface area (Å²) in [6, 6.07) is 64.2. The van der Waals surface area contributed by atoms with E-state index in [0.717, 1.165) is 0 Å². The molecule has 0 bridgehead atoms. The van der Waals surface area contributed by atoms with Gasteiger partial charge >= 0.3 is 0 Å². The van der Waals surface area contributed by atoms with Crippen LogP contribution < -0.4 is 26.2 Å². The van der Waals surface area contributed by atoms with Crippen LogP contribution in [0.1, 0.15) is 158 Å². The fourth-order valence-corrected chi connectivity index (χ4v) is 12.4. The highest BCUT2D eigenvalue weighted by Crippen LogP contribution is 2.52. The molecule has 3 heteroatoms. The number of nitrogens with zero attached hydrogens (tertiary/aromatic N) is 2. The maximum atomic E-state index is 2.69. The minimum atomic E-state index is -0.197. The van der Waals surface area contributed by atoms with Crippen LogP contribution in [0.3, 0.4) is 0 Å². The lowest BCUT2D eigenvalue weighted by Gasteiger charge is -2.46. The molecular weight excluding hydrogens is 928 g/mol. The Morgan fingerprint density at radius 3 is 1.01 bits per heavy atom. The zero-order valence-corrected chi connectivity index (χ0v) is 49.6. The van der Waals surface area contributed by atoms with Gasteiger partial charge in [-0.05, 0) is 187 Å². The lowest BCUT2D eigenvalue weighted by molar-refractivity contribution is 0.568. The lowest BCUT2D eigenvalue weighted by atomic mass is 9.32. The Morgan fingerprint density at radius 1 is 0.286 bits per heavy atom. The summed E-state index contributed by atoms with van der Waals surface area (Å²) in [5.74, 6) is 0. The normalized spacial score (nSPS) is 14.0. The molecule has 390 valence electrons. The molecule has 2 nitrogen and oxygen atoms in total. The van der Waals surface area contributed by atoms with E-state index in [2.05, 4.69) is 298 Å². The second-order valence-corrected chi connectivity index (χ2v) is 28.8. The molecule has 0 amide bonds. The van der Waals surface area contributed by atoms with Crippen molar-refractivity contribution in [1.82, 2.24) is 0 Å². The summed E-state index contributed by atoms with van der Waals surface area (Å²) in [5.41, 5.74) is 23.7. The number of hydrogen-bond donors (Lipinski definition) is 0. The van der Waals surface area contributed by atoms with E-state index in [0.29, 0.717) is 0 Å². The molecule has 11 rings (SSSR count). The van der Waals surface area contributed by atoms with Crippen molar-refractivity contribution in [2.75, 3.05) is 9.80 Å². The van der Waals surface area contributed by atoms with Crippen molar-refractivity contribution in [3.8, 4) is 22.3 Å². The molecule has 9 aromatic rings. The molecule has 0 fully saturated rings. The summed E-state index contributed by atoms with van der Waals surface area (Å²) in [6.45, 7) is 42.8. The monoisotopic (exact) mass is 1010 g/mol. The molecule has 0 aliphatic carbocycles. The van der Waals surface area contributed by atoms with Crippen LogP contribution in [0.2, 0.25) is 0 Å². The first-order valence-corrected chi connectivity index (χ1v) is 28.4. The van der Waals surface area contributed by atoms with Crippen LogP contribution in [0.4, 0.5) is 34.1 Å². The summed E-state index contributed by atoms with van der Waals surface area (Å²) in [5, 5.41) is 5.10. The number of rotatable bonds is 4. The molecular formula is C74H81BN2. The van der Waals surface area contributed by atoms with Crippen LogP contribution in [0, 0.1) is 0 Å². The van der Waals surface area contributed by atoms with Crippen molar-refractivity contribution in [2.45, 2.75) is 157 Å². The van der Waals surface area contributed by atoms with E-state index < -0.39 is 0 Å². The Bertz CT molecular complexity index is 3520. The predicted octanol–water partition coefficient (Wildman–Crippen LogP) is 19.2. The molecule has 2 aliphatic heterocycles. The molecule has 0 saturated carbocycles. The van der Waals surface area contributed by atoms with Crippen LogP contribution in [0.15, 0.2) is 164 Å². The highest BCUT2D eigenvalue weighted by Gasteiger charge is 2.46. The van der Waals surface area contributed by atoms with Gasteiger partial charge in [-0.3, -0.25) is 0 Å². The molecule has 2 aliphatic rings. The van der Waals surface area contributed by atoms with E-state index in [9.17, 15) is 0 Å². The molecule has 0 aromatic heterocycles. The van der Waals surface area contributed by atoms with E-state index in [1.54, 1.807) is 0 Å². The first kappa shape index (κ1) is 52.2. The minimum absolute atomic E-state index is 0.0887. The molecule has 0 N–H and O–H groups in total. The van der Waals surface area contributed by atoms with Crippen LogP contribution in [0.25, 0.3) is 43.8 Å². The number of hydrogen-bond acceptors (Lipinski definition) is 2. The Morgan fingerprint density at radius 2 is 0.649 bits per heavy atom. The van der Waals surface area contributed by atoms with Gasteiger partial charge < -0.3 is 9.80 Å². The molecule has 0 spiro atoms. The molecule has 0 saturated heterocycles. The third-order valence-electron chi connectivity index (χ3n) is 16.8. The summed E-state index contributed by atoms with van der Waals surface area (Å²) in [7, 11) is 0. The summed E-state index contributed by atoms with van der Waals surface area (Å²) >= 11 is 0. The Hall–Kier alpha value is -6.84. The van der Waals surface area contributed by atoms with Gasteiger partial charge in [0.05, 0.1) is 0 Å². The third kappa shape index (κ3) is 9.10. The molecule has 0 atom stereocenters. The quantitative estimate of drug-likeness (QED) is 0.162. The number of fused-ring (bicyclic) bond motifs is 8. The standard InChI is InChI=1S/C74H81BN2/c1-69(2,3)51-40-52(70(4,5)6)43-55(42-51)76-61-34-32-47-28-22-24-30-57(47)66(61)75-67-58-31-25-23-29-48(58)33-35-62(67)77(56-44-53(71(7,8)9)41-54(45-56)72(10,11)12)64-39-50(38-63(76)68(64)75)65-59(73(13,14)15)36-49(37-60(65)74(16,17)18)46-26-20-19-21-27-46/h19-45H,1-18H3. The van der Waals surface area contributed by atoms with E-state index in [1.165, 1.54) is 128 Å². The van der Waals surface area contributed by atoms with Crippen LogP contribution in [-0.2, 0) is 32.5 Å². The van der Waals surface area contributed by atoms with Crippen molar-refractivity contribution < 1.29 is 0 Å². The third-order valence-corrected chi connectivity index (χ3v) is 16.8. The van der Waals surface area contributed by atoms with Crippen molar-refractivity contribution >= 4 is 78.8 Å². The van der Waals surface area contributed by atoms with E-state index in [-0.39, 0.29) is 39.2 Å². The van der Waals surface area contributed by atoms with E-state index >= 15 is 0 Å². The lowest BCUT2D eigenvalue weighted by Crippen LogP contribution is -2.61. The summed E-state index contributed by atoms with van der Waals surface area (Å²) < 4.78 is 0. The van der Waals surface area contributed by atoms with Gasteiger partial charge in [-0.15, -0.1) is 0 Å². The van der Waals surface area contributed by atoms with E-state index in [4.69, 9.17) is 0 Å². The molecule has 9 aromatic carbocycles. The van der Waals surface area contributed by atoms with Crippen LogP contribution in [0.5, 0.6) is 0 Å². The first-order valence-electron chi connectivity index (χ1n) is 28.4. The van der Waals surface area contributed by atoms with Gasteiger partial charge in [0, 0.05) is 34.1 Å².